The second-order valence-electron chi connectivity index (χ2n) is 8.62. The van der Waals surface area contributed by atoms with Crippen LogP contribution >= 0.6 is 0 Å². The number of amides is 2. The largest absolute Gasteiger partial charge is 0.459 e. The van der Waals surface area contributed by atoms with Crippen LogP contribution in [0.15, 0.2) is 91.1 Å². The lowest BCUT2D eigenvalue weighted by Gasteiger charge is -2.25. The third-order valence-electron chi connectivity index (χ3n) is 6.17. The second-order valence-corrected chi connectivity index (χ2v) is 8.62. The smallest absolute Gasteiger partial charge is 0.326 e. The van der Waals surface area contributed by atoms with Crippen LogP contribution in [-0.2, 0) is 20.9 Å². The molecule has 1 aliphatic rings. The molecule has 1 aliphatic heterocycles. The number of aromatic nitrogens is 1. The zero-order valence-corrected chi connectivity index (χ0v) is 19.8. The Morgan fingerprint density at radius 3 is 2.49 bits per heavy atom. The molecule has 0 saturated carbocycles. The molecule has 0 bridgehead atoms. The molecule has 8 heteroatoms. The van der Waals surface area contributed by atoms with E-state index in [1.807, 2.05) is 42.5 Å². The van der Waals surface area contributed by atoms with Crippen molar-refractivity contribution < 1.29 is 23.9 Å². The predicted molar refractivity (Wildman–Crippen MR) is 137 cm³/mol. The first-order chi connectivity index (χ1) is 18.0. The monoisotopic (exact) mass is 493 g/mol. The normalized spacial score (nSPS) is 15.1. The Labute approximate surface area is 212 Å². The molecule has 4 aromatic rings. The van der Waals surface area contributed by atoms with Crippen molar-refractivity contribution in [3.63, 3.8) is 0 Å². The van der Waals surface area contributed by atoms with Gasteiger partial charge in [-0.05, 0) is 29.1 Å². The van der Waals surface area contributed by atoms with Gasteiger partial charge in [0.15, 0.2) is 5.78 Å². The van der Waals surface area contributed by atoms with Crippen molar-refractivity contribution in [2.24, 2.45) is 0 Å². The Balaban J connectivity index is 1.40. The van der Waals surface area contributed by atoms with Crippen molar-refractivity contribution in [1.29, 1.82) is 0 Å². The van der Waals surface area contributed by atoms with E-state index in [9.17, 15) is 19.2 Å². The fourth-order valence-corrected chi connectivity index (χ4v) is 4.35. The van der Waals surface area contributed by atoms with Gasteiger partial charge in [0, 0.05) is 23.6 Å². The molecule has 184 valence electrons. The van der Waals surface area contributed by atoms with Crippen molar-refractivity contribution in [3.05, 3.63) is 108 Å². The lowest BCUT2D eigenvalue weighted by molar-refractivity contribution is -0.144. The Morgan fingerprint density at radius 2 is 1.65 bits per heavy atom. The van der Waals surface area contributed by atoms with Crippen LogP contribution in [0.1, 0.15) is 32.8 Å². The minimum absolute atomic E-state index is 0.0508. The molecule has 8 nitrogen and oxygen atoms in total. The topological polar surface area (TPSA) is 106 Å². The molecule has 37 heavy (non-hydrogen) atoms. The second kappa shape index (κ2) is 10.4. The first-order valence-corrected chi connectivity index (χ1v) is 11.8. The van der Waals surface area contributed by atoms with Gasteiger partial charge in [0.2, 0.25) is 0 Å². The fourth-order valence-electron chi connectivity index (χ4n) is 4.35. The van der Waals surface area contributed by atoms with E-state index in [0.29, 0.717) is 16.6 Å². The maximum atomic E-state index is 13.6. The number of ketones is 1. The molecule has 0 unspecified atom stereocenters. The van der Waals surface area contributed by atoms with Gasteiger partial charge in [-0.1, -0.05) is 66.7 Å². The fraction of sp³-hybridized carbons (Fsp3) is 0.138. The first kappa shape index (κ1) is 23.9. The number of rotatable bonds is 6. The zero-order valence-electron chi connectivity index (χ0n) is 19.8. The van der Waals surface area contributed by atoms with Crippen molar-refractivity contribution in [3.8, 4) is 0 Å². The summed E-state index contributed by atoms with van der Waals surface area (Å²) in [6.45, 7) is -0.357. The Morgan fingerprint density at radius 1 is 0.919 bits per heavy atom. The highest BCUT2D eigenvalue weighted by Crippen LogP contribution is 2.27. The molecule has 1 atom stereocenters. The van der Waals surface area contributed by atoms with Gasteiger partial charge in [0.1, 0.15) is 24.9 Å². The van der Waals surface area contributed by atoms with E-state index in [2.05, 4.69) is 10.3 Å². The number of ether oxygens (including phenoxy) is 1. The maximum Gasteiger partial charge on any atom is 0.326 e. The predicted octanol–water partition coefficient (Wildman–Crippen LogP) is 3.70. The molecule has 3 aromatic carbocycles. The number of nitrogens with one attached hydrogen (secondary N) is 1. The average molecular weight is 494 g/mol. The summed E-state index contributed by atoms with van der Waals surface area (Å²) in [6, 6.07) is 23.6. The summed E-state index contributed by atoms with van der Waals surface area (Å²) in [6.07, 6.45) is 1.27. The molecule has 0 spiro atoms. The van der Waals surface area contributed by atoms with E-state index < -0.39 is 30.4 Å². The third-order valence-corrected chi connectivity index (χ3v) is 6.17. The van der Waals surface area contributed by atoms with Gasteiger partial charge < -0.3 is 10.1 Å². The molecular weight excluding hydrogens is 470 g/mol. The summed E-state index contributed by atoms with van der Waals surface area (Å²) in [5, 5.41) is 4.12. The van der Waals surface area contributed by atoms with Gasteiger partial charge >= 0.3 is 5.97 Å². The molecule has 2 amide bonds. The lowest BCUT2D eigenvalue weighted by atomic mass is 10.0. The molecule has 0 aliphatic carbocycles. The molecular formula is C29H23N3O5. The van der Waals surface area contributed by atoms with Gasteiger partial charge in [0.05, 0.1) is 5.69 Å². The summed E-state index contributed by atoms with van der Waals surface area (Å²) in [7, 11) is 0. The minimum atomic E-state index is -1.19. The van der Waals surface area contributed by atoms with Gasteiger partial charge in [-0.3, -0.25) is 29.1 Å². The molecule has 2 heterocycles. The summed E-state index contributed by atoms with van der Waals surface area (Å²) in [5.41, 5.74) is 1.55. The minimum Gasteiger partial charge on any atom is -0.459 e. The summed E-state index contributed by atoms with van der Waals surface area (Å²) in [4.78, 5) is 58.0. The number of fused-ring (bicyclic) bond motifs is 2. The van der Waals surface area contributed by atoms with Gasteiger partial charge in [-0.2, -0.15) is 0 Å². The Hall–Kier alpha value is -4.85. The molecule has 1 N–H and O–H groups in total. The number of hydrogen-bond acceptors (Lipinski definition) is 6. The Bertz CT molecular complexity index is 1500. The van der Waals surface area contributed by atoms with E-state index in [4.69, 9.17) is 4.74 Å². The number of esters is 1. The number of benzene rings is 3. The van der Waals surface area contributed by atoms with E-state index in [1.54, 1.807) is 42.5 Å². The van der Waals surface area contributed by atoms with E-state index in [0.717, 1.165) is 10.9 Å². The van der Waals surface area contributed by atoms with Crippen molar-refractivity contribution in [2.45, 2.75) is 19.1 Å². The number of carbonyl (C=O) groups is 4. The number of carbonyl (C=O) groups excluding carboxylic acids is 4. The third kappa shape index (κ3) is 5.08. The molecule has 0 fully saturated rings. The van der Waals surface area contributed by atoms with Gasteiger partial charge in [0.25, 0.3) is 11.8 Å². The quantitative estimate of drug-likeness (QED) is 0.411. The highest BCUT2D eigenvalue weighted by Gasteiger charge is 2.36. The van der Waals surface area contributed by atoms with Crippen LogP contribution in [0.2, 0.25) is 0 Å². The molecule has 0 radical (unpaired) electrons. The number of anilines is 1. The van der Waals surface area contributed by atoms with Crippen LogP contribution in [0.25, 0.3) is 10.8 Å². The highest BCUT2D eigenvalue weighted by atomic mass is 16.5. The van der Waals surface area contributed by atoms with Crippen LogP contribution in [0.5, 0.6) is 0 Å². The van der Waals surface area contributed by atoms with E-state index >= 15 is 0 Å². The van der Waals surface area contributed by atoms with Crippen LogP contribution < -0.4 is 10.2 Å². The number of para-hydroxylation sites is 1. The SMILES string of the molecule is O=C(CN1C(=O)[C@@H](NC(=O)c2nccc3ccccc23)CC(=O)c2ccccc21)OCc1ccccc1. The summed E-state index contributed by atoms with van der Waals surface area (Å²) in [5.74, 6) is -2.12. The Kier molecular flexibility index (Phi) is 6.72. The van der Waals surface area contributed by atoms with Crippen molar-refractivity contribution in [2.75, 3.05) is 11.4 Å². The van der Waals surface area contributed by atoms with Crippen LogP contribution in [0.4, 0.5) is 5.69 Å². The van der Waals surface area contributed by atoms with Crippen LogP contribution in [-0.4, -0.2) is 41.1 Å². The van der Waals surface area contributed by atoms with Crippen LogP contribution in [0.3, 0.4) is 0 Å². The molecule has 0 saturated heterocycles. The lowest BCUT2D eigenvalue weighted by Crippen LogP contribution is -2.50. The maximum absolute atomic E-state index is 13.6. The average Bonchev–Trinajstić information content (AvgIpc) is 3.02. The standard InChI is InChI=1S/C29H23N3O5/c33-25-16-23(31-28(35)27-21-11-5-4-10-20(21)14-15-30-27)29(36)32(24-13-7-6-12-22(24)25)17-26(34)37-18-19-8-2-1-3-9-19/h1-15,23H,16-18H2,(H,31,35)/t23-/m0/s1. The number of nitrogens with zero attached hydrogens (tertiary/aromatic N) is 2. The first-order valence-electron chi connectivity index (χ1n) is 11.8. The van der Waals surface area contributed by atoms with Crippen molar-refractivity contribution >= 4 is 40.0 Å². The number of pyridine rings is 1. The van der Waals surface area contributed by atoms with Crippen LogP contribution in [0, 0.1) is 0 Å². The van der Waals surface area contributed by atoms with Gasteiger partial charge in [-0.15, -0.1) is 0 Å². The van der Waals surface area contributed by atoms with Gasteiger partial charge in [-0.25, -0.2) is 0 Å². The van der Waals surface area contributed by atoms with E-state index in [1.165, 1.54) is 11.1 Å². The van der Waals surface area contributed by atoms with E-state index in [-0.39, 0.29) is 24.5 Å². The molecule has 5 rings (SSSR count). The van der Waals surface area contributed by atoms with Crippen molar-refractivity contribution in [1.82, 2.24) is 10.3 Å². The highest BCUT2D eigenvalue weighted by molar-refractivity contribution is 6.15. The molecule has 1 aromatic heterocycles. The summed E-state index contributed by atoms with van der Waals surface area (Å²) < 4.78 is 5.38. The number of hydrogen-bond donors (Lipinski definition) is 1. The summed E-state index contributed by atoms with van der Waals surface area (Å²) >= 11 is 0. The zero-order chi connectivity index (χ0) is 25.8. The number of Topliss-reactive ketones (excluding diaryl/α,β-unsaturated/α-hetero) is 1.